The highest BCUT2D eigenvalue weighted by Crippen LogP contribution is 2.23. The van der Waals surface area contributed by atoms with Crippen molar-refractivity contribution in [1.82, 2.24) is 19.6 Å². The van der Waals surface area contributed by atoms with Gasteiger partial charge in [0.05, 0.1) is 18.7 Å². The molecular formula is C22H35N5O. The molecule has 0 radical (unpaired) electrons. The van der Waals surface area contributed by atoms with Crippen LogP contribution in [0.3, 0.4) is 0 Å². The molecule has 0 bridgehead atoms. The molecule has 0 amide bonds. The molecule has 3 heterocycles. The summed E-state index contributed by atoms with van der Waals surface area (Å²) in [6, 6.07) is 8.62. The zero-order valence-electron chi connectivity index (χ0n) is 17.1. The molecule has 6 nitrogen and oxygen atoms in total. The molecule has 2 aliphatic rings. The van der Waals surface area contributed by atoms with Crippen LogP contribution in [0.1, 0.15) is 32.1 Å². The third kappa shape index (κ3) is 5.25. The number of aromatic nitrogens is 2. The number of fused-ring (bicyclic) bond motifs is 1. The molecule has 2 fully saturated rings. The van der Waals surface area contributed by atoms with E-state index in [0.29, 0.717) is 0 Å². The number of hydrogen-bond acceptors (Lipinski definition) is 5. The van der Waals surface area contributed by atoms with E-state index >= 15 is 0 Å². The summed E-state index contributed by atoms with van der Waals surface area (Å²) in [6.07, 6.45) is 6.44. The fraction of sp³-hybridized carbons (Fsp3) is 0.682. The van der Waals surface area contributed by atoms with Gasteiger partial charge in [0.1, 0.15) is 0 Å². The highest BCUT2D eigenvalue weighted by Gasteiger charge is 2.13. The Kier molecular flexibility index (Phi) is 7.19. The monoisotopic (exact) mass is 385 g/mol. The van der Waals surface area contributed by atoms with E-state index in [1.54, 1.807) is 0 Å². The second-order valence-electron chi connectivity index (χ2n) is 8.08. The molecule has 1 N–H and O–H groups in total. The standard InChI is InChI=1S/C22H35N5O/c1-4-11-25(12-5-1)14-7-15-27-21-9-3-2-8-20(21)22(24-27)23-10-6-13-26-16-18-28-19-17-26/h2-3,8-9H,1,4-7,10-19H2,(H,23,24). The van der Waals surface area contributed by atoms with E-state index in [9.17, 15) is 0 Å². The van der Waals surface area contributed by atoms with Gasteiger partial charge in [0.15, 0.2) is 5.82 Å². The first-order chi connectivity index (χ1) is 13.9. The summed E-state index contributed by atoms with van der Waals surface area (Å²) in [7, 11) is 0. The summed E-state index contributed by atoms with van der Waals surface area (Å²) in [4.78, 5) is 5.10. The van der Waals surface area contributed by atoms with E-state index in [-0.39, 0.29) is 0 Å². The molecule has 0 aliphatic carbocycles. The Morgan fingerprint density at radius 2 is 1.61 bits per heavy atom. The maximum absolute atomic E-state index is 5.42. The van der Waals surface area contributed by atoms with Gasteiger partial charge in [-0.2, -0.15) is 5.10 Å². The Labute approximate surface area is 168 Å². The molecule has 2 aromatic rings. The second kappa shape index (κ2) is 10.2. The number of ether oxygens (including phenoxy) is 1. The summed E-state index contributed by atoms with van der Waals surface area (Å²) in [6.45, 7) is 10.7. The average molecular weight is 386 g/mol. The zero-order valence-corrected chi connectivity index (χ0v) is 17.1. The summed E-state index contributed by atoms with van der Waals surface area (Å²) in [5.74, 6) is 1.04. The number of aryl methyl sites for hydroxylation is 1. The Hall–Kier alpha value is -1.63. The van der Waals surface area contributed by atoms with Gasteiger partial charge in [0.25, 0.3) is 0 Å². The van der Waals surface area contributed by atoms with Crippen LogP contribution < -0.4 is 5.32 Å². The van der Waals surface area contributed by atoms with Gasteiger partial charge in [-0.15, -0.1) is 0 Å². The van der Waals surface area contributed by atoms with Gasteiger partial charge in [0.2, 0.25) is 0 Å². The van der Waals surface area contributed by atoms with E-state index < -0.39 is 0 Å². The Bertz CT molecular complexity index is 719. The molecule has 0 spiro atoms. The van der Waals surface area contributed by atoms with Crippen molar-refractivity contribution in [3.05, 3.63) is 24.3 Å². The molecule has 1 aromatic carbocycles. The van der Waals surface area contributed by atoms with Crippen molar-refractivity contribution in [2.24, 2.45) is 0 Å². The van der Waals surface area contributed by atoms with Crippen LogP contribution in [0.25, 0.3) is 10.9 Å². The predicted octanol–water partition coefficient (Wildman–Crippen LogP) is 3.05. The van der Waals surface area contributed by atoms with Gasteiger partial charge >= 0.3 is 0 Å². The second-order valence-corrected chi connectivity index (χ2v) is 8.08. The van der Waals surface area contributed by atoms with Gasteiger partial charge < -0.3 is 15.0 Å². The van der Waals surface area contributed by atoms with Gasteiger partial charge in [-0.25, -0.2) is 0 Å². The van der Waals surface area contributed by atoms with Gasteiger partial charge in [-0.3, -0.25) is 9.58 Å². The maximum Gasteiger partial charge on any atom is 0.155 e. The number of nitrogens with one attached hydrogen (secondary N) is 1. The first-order valence-electron chi connectivity index (χ1n) is 11.1. The maximum atomic E-state index is 5.42. The number of benzene rings is 1. The number of likely N-dealkylation sites (tertiary alicyclic amines) is 1. The van der Waals surface area contributed by atoms with Gasteiger partial charge in [-0.1, -0.05) is 18.6 Å². The number of hydrogen-bond donors (Lipinski definition) is 1. The minimum Gasteiger partial charge on any atom is -0.379 e. The lowest BCUT2D eigenvalue weighted by Crippen LogP contribution is -2.37. The fourth-order valence-corrected chi connectivity index (χ4v) is 4.39. The van der Waals surface area contributed by atoms with Crippen LogP contribution in [0.4, 0.5) is 5.82 Å². The molecule has 0 saturated carbocycles. The fourth-order valence-electron chi connectivity index (χ4n) is 4.39. The number of piperidine rings is 1. The summed E-state index contributed by atoms with van der Waals surface area (Å²) < 4.78 is 7.62. The SMILES string of the molecule is c1ccc2c(c1)c(NCCCN1CCOCC1)nn2CCCN1CCCCC1. The smallest absolute Gasteiger partial charge is 0.155 e. The average Bonchev–Trinajstić information content (AvgIpc) is 3.11. The number of rotatable bonds is 9. The number of anilines is 1. The van der Waals surface area contributed by atoms with Gasteiger partial charge in [0, 0.05) is 31.6 Å². The topological polar surface area (TPSA) is 45.6 Å². The lowest BCUT2D eigenvalue weighted by molar-refractivity contribution is 0.0378. The van der Waals surface area contributed by atoms with E-state index in [0.717, 1.165) is 58.2 Å². The Morgan fingerprint density at radius 1 is 0.857 bits per heavy atom. The van der Waals surface area contributed by atoms with Crippen LogP contribution in [0.15, 0.2) is 24.3 Å². The van der Waals surface area contributed by atoms with Gasteiger partial charge in [-0.05, 0) is 64.0 Å². The van der Waals surface area contributed by atoms with Crippen molar-refractivity contribution < 1.29 is 4.74 Å². The Balaban J connectivity index is 1.29. The normalized spacial score (nSPS) is 19.3. The van der Waals surface area contributed by atoms with Crippen molar-refractivity contribution in [2.75, 3.05) is 64.3 Å². The van der Waals surface area contributed by atoms with E-state index in [1.165, 1.54) is 56.2 Å². The zero-order chi connectivity index (χ0) is 19.0. The largest absolute Gasteiger partial charge is 0.379 e. The van der Waals surface area contributed by atoms with Crippen molar-refractivity contribution in [3.8, 4) is 0 Å². The third-order valence-electron chi connectivity index (χ3n) is 6.00. The first-order valence-corrected chi connectivity index (χ1v) is 11.1. The highest BCUT2D eigenvalue weighted by molar-refractivity contribution is 5.90. The molecule has 2 aliphatic heterocycles. The minimum absolute atomic E-state index is 0.875. The third-order valence-corrected chi connectivity index (χ3v) is 6.00. The van der Waals surface area contributed by atoms with Crippen LogP contribution in [-0.4, -0.2) is 78.6 Å². The number of para-hydroxylation sites is 1. The van der Waals surface area contributed by atoms with E-state index in [1.807, 2.05) is 0 Å². The van der Waals surface area contributed by atoms with Crippen LogP contribution in [-0.2, 0) is 11.3 Å². The van der Waals surface area contributed by atoms with Crippen molar-refractivity contribution in [2.45, 2.75) is 38.6 Å². The molecular weight excluding hydrogens is 350 g/mol. The van der Waals surface area contributed by atoms with Crippen LogP contribution >= 0.6 is 0 Å². The summed E-state index contributed by atoms with van der Waals surface area (Å²) in [5, 5.41) is 9.74. The number of morpholine rings is 1. The van der Waals surface area contributed by atoms with Crippen molar-refractivity contribution >= 4 is 16.7 Å². The van der Waals surface area contributed by atoms with E-state index in [4.69, 9.17) is 9.84 Å². The van der Waals surface area contributed by atoms with Crippen LogP contribution in [0.5, 0.6) is 0 Å². The van der Waals surface area contributed by atoms with Crippen molar-refractivity contribution in [1.29, 1.82) is 0 Å². The highest BCUT2D eigenvalue weighted by atomic mass is 16.5. The quantitative estimate of drug-likeness (QED) is 0.672. The Morgan fingerprint density at radius 3 is 2.46 bits per heavy atom. The van der Waals surface area contributed by atoms with Crippen LogP contribution in [0, 0.1) is 0 Å². The molecule has 1 aromatic heterocycles. The lowest BCUT2D eigenvalue weighted by Gasteiger charge is -2.26. The first kappa shape index (κ1) is 19.7. The van der Waals surface area contributed by atoms with Crippen molar-refractivity contribution in [3.63, 3.8) is 0 Å². The molecule has 2 saturated heterocycles. The predicted molar refractivity (Wildman–Crippen MR) is 115 cm³/mol. The minimum atomic E-state index is 0.875. The van der Waals surface area contributed by atoms with E-state index in [2.05, 4.69) is 44.1 Å². The molecule has 6 heteroatoms. The van der Waals surface area contributed by atoms with Crippen LogP contribution in [0.2, 0.25) is 0 Å². The summed E-state index contributed by atoms with van der Waals surface area (Å²) >= 11 is 0. The lowest BCUT2D eigenvalue weighted by atomic mass is 10.1. The molecule has 28 heavy (non-hydrogen) atoms. The molecule has 154 valence electrons. The molecule has 0 unspecified atom stereocenters. The number of nitrogens with zero attached hydrogens (tertiary/aromatic N) is 4. The summed E-state index contributed by atoms with van der Waals surface area (Å²) in [5.41, 5.74) is 1.25. The molecule has 4 rings (SSSR count). The molecule has 0 atom stereocenters.